The molecule has 1 N–H and O–H groups in total. The molecule has 1 aliphatic rings. The smallest absolute Gasteiger partial charge is 0.376 e. The van der Waals surface area contributed by atoms with Crippen LogP contribution in [0.5, 0.6) is 0 Å². The molecular weight excluding hydrogens is 129 g/mol. The van der Waals surface area contributed by atoms with E-state index in [2.05, 4.69) is 0 Å². The van der Waals surface area contributed by atoms with Gasteiger partial charge in [-0.1, -0.05) is 0 Å². The van der Waals surface area contributed by atoms with Crippen molar-refractivity contribution < 1.29 is 9.82 Å². The minimum atomic E-state index is -0.393. The van der Waals surface area contributed by atoms with E-state index in [1.807, 2.05) is 4.81 Å². The molecule has 1 saturated heterocycles. The second-order valence-corrected chi connectivity index (χ2v) is 2.89. The summed E-state index contributed by atoms with van der Waals surface area (Å²) in [6, 6.07) is 0. The fourth-order valence-corrected chi connectivity index (χ4v) is 1.07. The van der Waals surface area contributed by atoms with Gasteiger partial charge in [-0.3, -0.25) is 4.79 Å². The van der Waals surface area contributed by atoms with Crippen LogP contribution in [0.3, 0.4) is 0 Å². The van der Waals surface area contributed by atoms with Crippen LogP contribution in [0.15, 0.2) is 0 Å². The van der Waals surface area contributed by atoms with Gasteiger partial charge in [0, 0.05) is 19.0 Å². The van der Waals surface area contributed by atoms with Crippen molar-refractivity contribution in [3.63, 3.8) is 0 Å². The Balaban J connectivity index is 2.24. The van der Waals surface area contributed by atoms with Crippen LogP contribution in [0.1, 0.15) is 6.92 Å². The Bertz CT molecular complexity index is 143. The lowest BCUT2D eigenvalue weighted by molar-refractivity contribution is -0.124. The van der Waals surface area contributed by atoms with Crippen LogP contribution in [0.25, 0.3) is 0 Å². The van der Waals surface area contributed by atoms with Gasteiger partial charge in [-0.25, -0.2) is 0 Å². The van der Waals surface area contributed by atoms with Gasteiger partial charge in [0.2, 0.25) is 0 Å². The van der Waals surface area contributed by atoms with Crippen molar-refractivity contribution in [1.29, 1.82) is 0 Å². The second kappa shape index (κ2) is 2.72. The Kier molecular flexibility index (Phi) is 2.11. The van der Waals surface area contributed by atoms with Crippen LogP contribution in [-0.4, -0.2) is 35.8 Å². The summed E-state index contributed by atoms with van der Waals surface area (Å²) in [7, 11) is -0.393. The topological polar surface area (TPSA) is 40.5 Å². The maximum Gasteiger partial charge on any atom is 0.376 e. The molecule has 1 aliphatic heterocycles. The maximum atomic E-state index is 10.7. The zero-order valence-electron chi connectivity index (χ0n) is 6.37. The molecule has 0 radical (unpaired) electrons. The van der Waals surface area contributed by atoms with Crippen LogP contribution in [0, 0.1) is 5.92 Å². The van der Waals surface area contributed by atoms with Gasteiger partial charge in [-0.2, -0.15) is 0 Å². The van der Waals surface area contributed by atoms with Gasteiger partial charge in [-0.05, 0) is 13.7 Å². The highest BCUT2D eigenvalue weighted by Crippen LogP contribution is 2.16. The van der Waals surface area contributed by atoms with E-state index >= 15 is 0 Å². The highest BCUT2D eigenvalue weighted by Gasteiger charge is 2.33. The fourth-order valence-electron chi connectivity index (χ4n) is 1.07. The second-order valence-electron chi connectivity index (χ2n) is 2.89. The molecule has 4 heteroatoms. The minimum absolute atomic E-state index is 0.176. The number of hydrogen-bond acceptors (Lipinski definition) is 3. The number of carbonyl (C=O) groups is 1. The van der Waals surface area contributed by atoms with Gasteiger partial charge in [-0.15, -0.1) is 0 Å². The number of ketones is 1. The number of rotatable bonds is 2. The molecular formula is C6H12BNO2. The highest BCUT2D eigenvalue weighted by atomic mass is 16.2. The standard InChI is InChI=1S/C6H12BNO2/c1-5(9)6-3-8(4-6)7(2)10/h6,10H,3-4H2,1-2H3. The summed E-state index contributed by atoms with van der Waals surface area (Å²) in [6.45, 7) is 4.78. The Morgan fingerprint density at radius 1 is 1.70 bits per heavy atom. The Labute approximate surface area is 61.2 Å². The molecule has 0 atom stereocenters. The first-order valence-corrected chi connectivity index (χ1v) is 3.54. The highest BCUT2D eigenvalue weighted by molar-refractivity contribution is 6.45. The van der Waals surface area contributed by atoms with Gasteiger partial charge in [0.25, 0.3) is 0 Å². The SMILES string of the molecule is CB(O)N1CC(C(C)=O)C1. The number of Topliss-reactive ketones (excluding diaryl/α,β-unsaturated/α-hetero) is 1. The molecule has 0 aromatic heterocycles. The summed E-state index contributed by atoms with van der Waals surface area (Å²) in [5, 5.41) is 8.99. The van der Waals surface area contributed by atoms with Crippen molar-refractivity contribution in [3.05, 3.63) is 0 Å². The molecule has 56 valence electrons. The van der Waals surface area contributed by atoms with E-state index in [1.54, 1.807) is 13.7 Å². The van der Waals surface area contributed by atoms with E-state index in [0.29, 0.717) is 0 Å². The van der Waals surface area contributed by atoms with Crippen LogP contribution < -0.4 is 0 Å². The lowest BCUT2D eigenvalue weighted by Crippen LogP contribution is -2.55. The normalized spacial score (nSPS) is 20.3. The third kappa shape index (κ3) is 1.38. The van der Waals surface area contributed by atoms with E-state index in [4.69, 9.17) is 5.02 Å². The molecule has 1 rings (SSSR count). The summed E-state index contributed by atoms with van der Waals surface area (Å²) >= 11 is 0. The van der Waals surface area contributed by atoms with Crippen LogP contribution in [-0.2, 0) is 4.79 Å². The Morgan fingerprint density at radius 3 is 2.50 bits per heavy atom. The maximum absolute atomic E-state index is 10.7. The largest absolute Gasteiger partial charge is 0.437 e. The van der Waals surface area contributed by atoms with Crippen LogP contribution in [0.4, 0.5) is 0 Å². The van der Waals surface area contributed by atoms with Gasteiger partial charge in [0.05, 0.1) is 0 Å². The van der Waals surface area contributed by atoms with E-state index in [9.17, 15) is 4.79 Å². The molecule has 0 bridgehead atoms. The van der Waals surface area contributed by atoms with E-state index in [-0.39, 0.29) is 11.7 Å². The summed E-state index contributed by atoms with van der Waals surface area (Å²) in [4.78, 5) is 12.6. The number of nitrogens with zero attached hydrogens (tertiary/aromatic N) is 1. The predicted octanol–water partition coefficient (Wildman–Crippen LogP) is -0.383. The quantitative estimate of drug-likeness (QED) is 0.532. The van der Waals surface area contributed by atoms with Gasteiger partial charge < -0.3 is 9.83 Å². The van der Waals surface area contributed by atoms with Crippen molar-refractivity contribution in [2.75, 3.05) is 13.1 Å². The minimum Gasteiger partial charge on any atom is -0.437 e. The third-order valence-corrected chi connectivity index (χ3v) is 2.01. The van der Waals surface area contributed by atoms with Gasteiger partial charge in [0.1, 0.15) is 5.78 Å². The average Bonchev–Trinajstić information content (AvgIpc) is 1.56. The van der Waals surface area contributed by atoms with Crippen LogP contribution in [0.2, 0.25) is 6.82 Å². The molecule has 0 aromatic carbocycles. The van der Waals surface area contributed by atoms with Gasteiger partial charge >= 0.3 is 7.05 Å². The molecule has 0 spiro atoms. The van der Waals surface area contributed by atoms with Crippen molar-refractivity contribution in [2.24, 2.45) is 5.92 Å². The summed E-state index contributed by atoms with van der Waals surface area (Å²) in [5.41, 5.74) is 0. The molecule has 0 aromatic rings. The number of carbonyl (C=O) groups excluding carboxylic acids is 1. The first-order valence-electron chi connectivity index (χ1n) is 3.54. The lowest BCUT2D eigenvalue weighted by Gasteiger charge is -2.38. The zero-order chi connectivity index (χ0) is 7.72. The molecule has 0 unspecified atom stereocenters. The van der Waals surface area contributed by atoms with Crippen molar-refractivity contribution in [1.82, 2.24) is 4.81 Å². The zero-order valence-corrected chi connectivity index (χ0v) is 6.37. The summed E-state index contributed by atoms with van der Waals surface area (Å²) in [5.74, 6) is 0.409. The number of hydrogen-bond donors (Lipinski definition) is 1. The molecule has 1 fully saturated rings. The summed E-state index contributed by atoms with van der Waals surface area (Å²) < 4.78 is 0. The van der Waals surface area contributed by atoms with Crippen molar-refractivity contribution >= 4 is 12.8 Å². The molecule has 0 amide bonds. The molecule has 0 aliphatic carbocycles. The molecule has 3 nitrogen and oxygen atoms in total. The fraction of sp³-hybridized carbons (Fsp3) is 0.833. The molecule has 1 heterocycles. The van der Waals surface area contributed by atoms with E-state index in [0.717, 1.165) is 13.1 Å². The lowest BCUT2D eigenvalue weighted by atomic mass is 9.77. The third-order valence-electron chi connectivity index (χ3n) is 2.01. The molecule has 0 saturated carbocycles. The van der Waals surface area contributed by atoms with Crippen molar-refractivity contribution in [3.8, 4) is 0 Å². The monoisotopic (exact) mass is 141 g/mol. The Morgan fingerprint density at radius 2 is 2.20 bits per heavy atom. The van der Waals surface area contributed by atoms with E-state index < -0.39 is 7.05 Å². The average molecular weight is 141 g/mol. The first-order chi connectivity index (χ1) is 4.61. The van der Waals surface area contributed by atoms with E-state index in [1.165, 1.54) is 0 Å². The van der Waals surface area contributed by atoms with Crippen LogP contribution >= 0.6 is 0 Å². The predicted molar refractivity (Wildman–Crippen MR) is 39.6 cm³/mol. The van der Waals surface area contributed by atoms with Crippen molar-refractivity contribution in [2.45, 2.75) is 13.7 Å². The Hall–Kier alpha value is -0.345. The first kappa shape index (κ1) is 7.76. The molecule has 10 heavy (non-hydrogen) atoms. The summed E-state index contributed by atoms with van der Waals surface area (Å²) in [6.07, 6.45) is 0. The van der Waals surface area contributed by atoms with Gasteiger partial charge in [0.15, 0.2) is 0 Å².